The molecule has 25 heteroatoms. The van der Waals surface area contributed by atoms with Gasteiger partial charge in [-0.2, -0.15) is 0 Å². The summed E-state index contributed by atoms with van der Waals surface area (Å²) >= 11 is 0. The highest BCUT2D eigenvalue weighted by Crippen LogP contribution is 2.41. The molecular formula is C64H106N4O20S. The second-order valence-electron chi connectivity index (χ2n) is 27.3. The predicted molar refractivity (Wildman–Crippen MR) is 327 cm³/mol. The van der Waals surface area contributed by atoms with Crippen LogP contribution in [0.3, 0.4) is 0 Å². The minimum absolute atomic E-state index is 0.0155. The molecule has 4 aliphatic heterocycles. The maximum absolute atomic E-state index is 16.1. The number of oxime groups is 1. The maximum Gasteiger partial charge on any atom is 0.408 e. The van der Waals surface area contributed by atoms with Gasteiger partial charge in [0.05, 0.1) is 65.1 Å². The van der Waals surface area contributed by atoms with E-state index in [9.17, 15) is 28.2 Å². The van der Waals surface area contributed by atoms with Crippen molar-refractivity contribution in [3.63, 3.8) is 0 Å². The van der Waals surface area contributed by atoms with Crippen LogP contribution < -0.4 is 10.0 Å². The van der Waals surface area contributed by atoms with Crippen LogP contribution in [0.2, 0.25) is 0 Å². The average molecular weight is 1280 g/mol. The van der Waals surface area contributed by atoms with Crippen LogP contribution in [0.25, 0.3) is 0 Å². The van der Waals surface area contributed by atoms with Gasteiger partial charge in [0.2, 0.25) is 10.0 Å². The third-order valence-corrected chi connectivity index (χ3v) is 19.5. The molecule has 24 nitrogen and oxygen atoms in total. The van der Waals surface area contributed by atoms with Crippen LogP contribution in [-0.2, 0) is 81.3 Å². The Morgan fingerprint density at radius 2 is 1.49 bits per heavy atom. The van der Waals surface area contributed by atoms with Crippen LogP contribution in [-0.4, -0.2) is 204 Å². The summed E-state index contributed by atoms with van der Waals surface area (Å²) in [6.07, 6.45) is -12.2. The van der Waals surface area contributed by atoms with Crippen molar-refractivity contribution in [2.24, 2.45) is 52.5 Å². The number of cyclic esters (lactones) is 1. The number of alkyl carbamates (subject to hydrolysis) is 1. The number of esters is 2. The Balaban J connectivity index is 1.50. The summed E-state index contributed by atoms with van der Waals surface area (Å²) in [5, 5.41) is 29.9. The van der Waals surface area contributed by atoms with Gasteiger partial charge in [0.25, 0.3) is 0 Å². The predicted octanol–water partition coefficient (Wildman–Crippen LogP) is 6.54. The molecule has 4 heterocycles. The Kier molecular flexibility index (Phi) is 26.8. The Hall–Kier alpha value is -3.96. The first-order valence-corrected chi connectivity index (χ1v) is 33.4. The Morgan fingerprint density at radius 3 is 2.11 bits per heavy atom. The number of hydrogen-bond donors (Lipinski definition) is 4. The summed E-state index contributed by atoms with van der Waals surface area (Å²) in [7, 11) is 0.220. The molecule has 4 N–H and O–H groups in total. The number of carbonyl (C=O) groups is 4. The fourth-order valence-electron chi connectivity index (χ4n) is 13.0. The molecule has 1 aromatic carbocycles. The minimum atomic E-state index is -4.03. The number of Topliss-reactive ketones (excluding diaryl/α,β-unsaturated/α-hetero) is 1. The number of methoxy groups -OCH3 is 2. The molecular weight excluding hydrogens is 1180 g/mol. The van der Waals surface area contributed by atoms with E-state index in [0.29, 0.717) is 18.9 Å². The first-order valence-electron chi connectivity index (χ1n) is 31.9. The molecule has 0 radical (unpaired) electrons. The molecule has 0 bridgehead atoms. The third-order valence-electron chi connectivity index (χ3n) is 18.1. The van der Waals surface area contributed by atoms with Crippen molar-refractivity contribution in [1.29, 1.82) is 0 Å². The van der Waals surface area contributed by atoms with E-state index in [4.69, 9.17) is 56.9 Å². The number of ether oxygens (including phenoxy) is 11. The van der Waals surface area contributed by atoms with Gasteiger partial charge in [-0.1, -0.05) is 71.8 Å². The normalized spacial score (nSPS) is 37.6. The molecule has 4 saturated heterocycles. The lowest BCUT2D eigenvalue weighted by Crippen LogP contribution is -2.59. The molecule has 1 amide bonds. The van der Waals surface area contributed by atoms with Crippen molar-refractivity contribution in [1.82, 2.24) is 14.9 Å². The van der Waals surface area contributed by atoms with Gasteiger partial charge in [-0.25, -0.2) is 17.9 Å². The van der Waals surface area contributed by atoms with Crippen molar-refractivity contribution in [3.8, 4) is 0 Å². The number of nitrogens with one attached hydrogen (secondary N) is 2. The Morgan fingerprint density at radius 1 is 0.831 bits per heavy atom. The number of ketones is 1. The topological polar surface area (TPSA) is 293 Å². The SMILES string of the molecule is CON=C1C[C@@H](C)O[C@@H](O[C@@H]2[C@@H](C)[C@H](O[C@H]3C[C@@H](C)N(CC4CC4)C[C@H](C)O3)[C@@H](C)C(=O)O[C@H]([C@@H](C)CO[C@@H]3O[C@H](C)[C@@H](O)[C@@H](OC)[C@H]3OC)[C@H](C)[C@@H](OC(=O)CC(C)C)[C@@H](C)C(=O)[C@@](C)(OC(=O)NC(C)(C)CNS(=O)(=O)c3ccccc3)C[C@@H]2C)[C@@H]1O. The van der Waals surface area contributed by atoms with E-state index in [1.807, 2.05) is 27.7 Å². The first-order chi connectivity index (χ1) is 41.7. The van der Waals surface area contributed by atoms with E-state index < -0.39 is 160 Å². The highest BCUT2D eigenvalue weighted by Gasteiger charge is 2.53. The molecule has 0 aromatic heterocycles. The van der Waals surface area contributed by atoms with Gasteiger partial charge in [0.1, 0.15) is 43.7 Å². The standard InChI is InChI=1S/C64H106N4O20S/c1-34(2)26-48(69)84-54-41(9)53(36(4)32-80-61-57(78-17)56(77-16)50(70)44(12)83-61)86-59(73)43(11)55(85-49-27-37(5)68(30-39(7)81-49)31-45-24-25-45)40(8)52(87-60-51(71)47(67-79-18)28-38(6)82-60)35(3)29-64(15,58(72)42(54)10)88-62(74)66-63(13,14)33-65-89(75,76)46-22-20-19-21-23-46/h19-23,34-45,49-57,60-61,65,70-71H,24-33H2,1-18H3,(H,66,74)/t35-,36-,37+,38+,39-,40+,41-,42+,43+,44+,49-,50+,51+,52-,53+,54+,55-,56+,57+,60-,61+,64-/m0/s1. The largest absolute Gasteiger partial charge is 0.461 e. The molecule has 0 unspecified atom stereocenters. The first kappa shape index (κ1) is 74.1. The smallest absolute Gasteiger partial charge is 0.408 e. The highest BCUT2D eigenvalue weighted by molar-refractivity contribution is 7.89. The van der Waals surface area contributed by atoms with Crippen molar-refractivity contribution in [2.75, 3.05) is 47.6 Å². The molecule has 5 aliphatic rings. The number of amides is 1. The van der Waals surface area contributed by atoms with E-state index in [2.05, 4.69) is 27.0 Å². The number of nitrogens with zero attached hydrogens (tertiary/aromatic N) is 2. The van der Waals surface area contributed by atoms with Crippen LogP contribution >= 0.6 is 0 Å². The lowest BCUT2D eigenvalue weighted by Gasteiger charge is -2.45. The van der Waals surface area contributed by atoms with Crippen LogP contribution in [0.1, 0.15) is 142 Å². The van der Waals surface area contributed by atoms with Gasteiger partial charge in [0, 0.05) is 76.9 Å². The Bertz CT molecular complexity index is 2600. The second-order valence-corrected chi connectivity index (χ2v) is 29.0. The number of sulfonamides is 1. The lowest BCUT2D eigenvalue weighted by atomic mass is 9.74. The van der Waals surface area contributed by atoms with E-state index in [1.165, 1.54) is 40.4 Å². The molecule has 1 aliphatic carbocycles. The lowest BCUT2D eigenvalue weighted by molar-refractivity contribution is -0.305. The molecule has 89 heavy (non-hydrogen) atoms. The summed E-state index contributed by atoms with van der Waals surface area (Å²) < 4.78 is 100. The number of benzene rings is 1. The molecule has 6 rings (SSSR count). The number of hydrogen-bond acceptors (Lipinski definition) is 22. The molecule has 1 aromatic rings. The van der Waals surface area contributed by atoms with E-state index in [0.717, 1.165) is 19.4 Å². The highest BCUT2D eigenvalue weighted by atomic mass is 32.2. The fraction of sp³-hybridized carbons (Fsp3) is 0.828. The van der Waals surface area contributed by atoms with E-state index >= 15 is 9.59 Å². The van der Waals surface area contributed by atoms with Crippen LogP contribution in [0.4, 0.5) is 4.79 Å². The van der Waals surface area contributed by atoms with Crippen LogP contribution in [0, 0.1) is 47.3 Å². The minimum Gasteiger partial charge on any atom is -0.461 e. The number of rotatable bonds is 22. The average Bonchev–Trinajstić information content (AvgIpc) is 2.67. The zero-order valence-corrected chi connectivity index (χ0v) is 56.6. The summed E-state index contributed by atoms with van der Waals surface area (Å²) in [6.45, 7) is 27.5. The van der Waals surface area contributed by atoms with E-state index in [-0.39, 0.29) is 61.1 Å². The quantitative estimate of drug-likeness (QED) is 0.0544. The van der Waals surface area contributed by atoms with Gasteiger partial charge in [-0.05, 0) is 105 Å². The summed E-state index contributed by atoms with van der Waals surface area (Å²) in [4.78, 5) is 68.2. The number of aliphatic hydroxyl groups excluding tert-OH is 2. The number of aliphatic hydroxyl groups is 2. The Labute approximate surface area is 528 Å². The van der Waals surface area contributed by atoms with Crippen molar-refractivity contribution >= 4 is 39.6 Å². The van der Waals surface area contributed by atoms with Crippen LogP contribution in [0.5, 0.6) is 0 Å². The van der Waals surface area contributed by atoms with Gasteiger partial charge in [-0.15, -0.1) is 0 Å². The zero-order valence-electron chi connectivity index (χ0n) is 55.8. The number of carbonyl (C=O) groups excluding carboxylic acids is 4. The molecule has 5 fully saturated rings. The monoisotopic (exact) mass is 1280 g/mol. The summed E-state index contributed by atoms with van der Waals surface area (Å²) in [5.41, 5.74) is -3.18. The molecule has 508 valence electrons. The molecule has 0 spiro atoms. The van der Waals surface area contributed by atoms with Crippen molar-refractivity contribution < 1.29 is 94.8 Å². The molecule has 1 saturated carbocycles. The maximum atomic E-state index is 16.1. The fourth-order valence-corrected chi connectivity index (χ4v) is 14.3. The van der Waals surface area contributed by atoms with Crippen molar-refractivity contribution in [2.45, 2.75) is 250 Å². The summed E-state index contributed by atoms with van der Waals surface area (Å²) in [5.74, 6) is -7.45. The second kappa shape index (κ2) is 32.3. The van der Waals surface area contributed by atoms with Crippen molar-refractivity contribution in [3.05, 3.63) is 30.3 Å². The van der Waals surface area contributed by atoms with E-state index in [1.54, 1.807) is 80.5 Å². The molecule has 22 atom stereocenters. The van der Waals surface area contributed by atoms with Gasteiger partial charge < -0.3 is 72.5 Å². The zero-order chi connectivity index (χ0) is 66.0. The summed E-state index contributed by atoms with van der Waals surface area (Å²) in [6, 6.07) is 7.77. The van der Waals surface area contributed by atoms with Crippen LogP contribution in [0.15, 0.2) is 40.4 Å². The third kappa shape index (κ3) is 19.8. The van der Waals surface area contributed by atoms with Gasteiger partial charge in [-0.3, -0.25) is 19.3 Å². The van der Waals surface area contributed by atoms with Gasteiger partial charge in [0.15, 0.2) is 30.3 Å². The van der Waals surface area contributed by atoms with Gasteiger partial charge >= 0.3 is 18.0 Å².